The molecule has 77 heavy (non-hydrogen) atoms. The maximum atomic E-state index is 13.6. The van der Waals surface area contributed by atoms with Gasteiger partial charge in [0, 0.05) is 12.8 Å². The van der Waals surface area contributed by atoms with Crippen LogP contribution in [0.5, 0.6) is 0 Å². The van der Waals surface area contributed by atoms with Crippen LogP contribution in [-0.4, -0.2) is 74.3 Å². The Bertz CT molecular complexity index is 1460. The Balaban J connectivity index is 5.14. The van der Waals surface area contributed by atoms with Crippen molar-refractivity contribution in [1.82, 2.24) is 5.32 Å². The highest BCUT2D eigenvalue weighted by Crippen LogP contribution is 2.43. The van der Waals surface area contributed by atoms with E-state index in [1.54, 1.807) is 0 Å². The van der Waals surface area contributed by atoms with Crippen LogP contribution in [0, 0.1) is 0 Å². The number of likely N-dealkylation sites (N-methyl/N-ethyl adjacent to an activating group) is 1. The lowest BCUT2D eigenvalue weighted by Gasteiger charge is -2.27. The van der Waals surface area contributed by atoms with E-state index in [-0.39, 0.29) is 31.5 Å². The zero-order chi connectivity index (χ0) is 56.4. The molecule has 1 amide bonds. The van der Waals surface area contributed by atoms with Crippen LogP contribution in [0.1, 0.15) is 316 Å². The van der Waals surface area contributed by atoms with Gasteiger partial charge in [0.25, 0.3) is 0 Å². The van der Waals surface area contributed by atoms with Crippen LogP contribution in [-0.2, 0) is 27.9 Å². The van der Waals surface area contributed by atoms with Gasteiger partial charge in [0.05, 0.1) is 33.8 Å². The van der Waals surface area contributed by atoms with Crippen molar-refractivity contribution in [2.45, 2.75) is 328 Å². The minimum Gasteiger partial charge on any atom is -0.456 e. The van der Waals surface area contributed by atoms with Gasteiger partial charge in [-0.1, -0.05) is 282 Å². The molecule has 9 nitrogen and oxygen atoms in total. The van der Waals surface area contributed by atoms with Gasteiger partial charge in [-0.15, -0.1) is 0 Å². The lowest BCUT2D eigenvalue weighted by molar-refractivity contribution is -0.870. The number of hydrogen-bond donors (Lipinski definition) is 2. The molecule has 0 aliphatic carbocycles. The fourth-order valence-electron chi connectivity index (χ4n) is 9.65. The average molecular weight is 1100 g/mol. The smallest absolute Gasteiger partial charge is 0.456 e. The summed E-state index contributed by atoms with van der Waals surface area (Å²) in [6.45, 7) is 7.02. The minimum absolute atomic E-state index is 0.0412. The third kappa shape index (κ3) is 58.4. The summed E-state index contributed by atoms with van der Waals surface area (Å²) in [5.41, 5.74) is 0. The quantitative estimate of drug-likeness (QED) is 0.0205. The fraction of sp³-hybridized carbons (Fsp3) is 0.851. The molecule has 0 aliphatic heterocycles. The van der Waals surface area contributed by atoms with Gasteiger partial charge in [-0.3, -0.25) is 18.6 Å². The second kappa shape index (κ2) is 57.2. The Labute approximate surface area is 478 Å². The van der Waals surface area contributed by atoms with Crippen molar-refractivity contribution < 1.29 is 37.3 Å². The Hall–Kier alpha value is -2.03. The topological polar surface area (TPSA) is 111 Å². The largest absolute Gasteiger partial charge is 0.472 e. The first-order valence-corrected chi connectivity index (χ1v) is 34.5. The molecule has 0 aromatic rings. The molecule has 0 spiro atoms. The number of nitrogens with zero attached hydrogens (tertiary/aromatic N) is 1. The molecule has 3 unspecified atom stereocenters. The van der Waals surface area contributed by atoms with Crippen molar-refractivity contribution in [2.24, 2.45) is 0 Å². The third-order valence-corrected chi connectivity index (χ3v) is 15.8. The summed E-state index contributed by atoms with van der Waals surface area (Å²) in [5.74, 6) is -0.496. The molecule has 10 heteroatoms. The molecule has 0 aliphatic rings. The van der Waals surface area contributed by atoms with Crippen molar-refractivity contribution in [3.05, 3.63) is 48.6 Å². The molecular formula is C67H128N2O7P+. The zero-order valence-corrected chi connectivity index (χ0v) is 52.6. The highest BCUT2D eigenvalue weighted by atomic mass is 31.2. The van der Waals surface area contributed by atoms with Crippen LogP contribution in [0.25, 0.3) is 0 Å². The number of hydrogen-bond acceptors (Lipinski definition) is 6. The minimum atomic E-state index is -4.45. The van der Waals surface area contributed by atoms with Gasteiger partial charge >= 0.3 is 13.8 Å². The number of unbranched alkanes of at least 4 members (excludes halogenated alkanes) is 38. The van der Waals surface area contributed by atoms with Crippen LogP contribution < -0.4 is 5.32 Å². The van der Waals surface area contributed by atoms with Crippen LogP contribution in [0.4, 0.5) is 0 Å². The number of quaternary nitrogens is 1. The first kappa shape index (κ1) is 75.0. The SMILES string of the molecule is CCCCC/C=C\C/C=C\C/C=C\CCCCCCCCCCCCC(=O)OC(/C=C/CCCCCCCCCCCC)C(COP(=O)(O)OCC[N+](C)(C)C)NC(=O)CCCCCCCCCCCCCCCCCC. The standard InChI is InChI=1S/C67H127N2O7P/c1-7-10-13-16-19-22-25-28-30-32-33-34-35-36-37-38-40-42-45-48-51-54-57-60-67(71)76-65(58-55-52-49-46-43-27-24-21-18-15-12-9-3)64(63-75-77(72,73)74-62-61-69(4,5)6)68-66(70)59-56-53-50-47-44-41-39-31-29-26-23-20-17-14-11-8-2/h19,22,28,30,33-34,55,58,64-65H,7-18,20-21,23-27,29,31-32,35-54,56-57,59-63H2,1-6H3,(H-,68,70,72,73)/p+1/b22-19-,30-28-,34-33-,58-55+. The van der Waals surface area contributed by atoms with E-state index >= 15 is 0 Å². The molecule has 0 saturated carbocycles. The highest BCUT2D eigenvalue weighted by Gasteiger charge is 2.30. The lowest BCUT2D eigenvalue weighted by Crippen LogP contribution is -2.47. The monoisotopic (exact) mass is 1100 g/mol. The van der Waals surface area contributed by atoms with Crippen molar-refractivity contribution in [2.75, 3.05) is 40.9 Å². The summed E-state index contributed by atoms with van der Waals surface area (Å²) in [6, 6.07) is -0.847. The number of allylic oxidation sites excluding steroid dienone is 7. The zero-order valence-electron chi connectivity index (χ0n) is 51.7. The molecule has 0 heterocycles. The number of ether oxygens (including phenoxy) is 1. The van der Waals surface area contributed by atoms with Crippen molar-refractivity contribution >= 4 is 19.7 Å². The highest BCUT2D eigenvalue weighted by molar-refractivity contribution is 7.47. The summed E-state index contributed by atoms with van der Waals surface area (Å²) in [4.78, 5) is 37.8. The van der Waals surface area contributed by atoms with Gasteiger partial charge in [0.1, 0.15) is 19.3 Å². The molecule has 3 atom stereocenters. The number of rotatable bonds is 60. The number of esters is 1. The van der Waals surface area contributed by atoms with E-state index in [0.29, 0.717) is 17.4 Å². The van der Waals surface area contributed by atoms with E-state index in [1.807, 2.05) is 33.3 Å². The molecular weight excluding hydrogens is 976 g/mol. The van der Waals surface area contributed by atoms with Gasteiger partial charge in [0.15, 0.2) is 0 Å². The van der Waals surface area contributed by atoms with E-state index in [4.69, 9.17) is 13.8 Å². The number of phosphoric acid groups is 1. The molecule has 0 aromatic heterocycles. The normalized spacial score (nSPS) is 13.9. The summed E-state index contributed by atoms with van der Waals surface area (Å²) in [5, 5.41) is 3.07. The summed E-state index contributed by atoms with van der Waals surface area (Å²) >= 11 is 0. The van der Waals surface area contributed by atoms with Crippen LogP contribution in [0.3, 0.4) is 0 Å². The summed E-state index contributed by atoms with van der Waals surface area (Å²) in [7, 11) is 1.50. The van der Waals surface area contributed by atoms with Crippen LogP contribution in [0.2, 0.25) is 0 Å². The van der Waals surface area contributed by atoms with Crippen molar-refractivity contribution in [1.29, 1.82) is 0 Å². The maximum Gasteiger partial charge on any atom is 0.472 e. The third-order valence-electron chi connectivity index (χ3n) is 14.8. The van der Waals surface area contributed by atoms with Gasteiger partial charge in [0.2, 0.25) is 5.91 Å². The summed E-state index contributed by atoms with van der Waals surface area (Å²) in [6.07, 6.45) is 71.0. The molecule has 0 bridgehead atoms. The first-order chi connectivity index (χ1) is 37.4. The van der Waals surface area contributed by atoms with E-state index in [0.717, 1.165) is 70.6 Å². The average Bonchev–Trinajstić information content (AvgIpc) is 3.39. The Kier molecular flexibility index (Phi) is 55.7. The van der Waals surface area contributed by atoms with E-state index < -0.39 is 20.0 Å². The number of nitrogens with one attached hydrogen (secondary N) is 1. The molecule has 0 rings (SSSR count). The number of carbonyl (C=O) groups excluding carboxylic acids is 2. The Morgan fingerprint density at radius 3 is 1.21 bits per heavy atom. The van der Waals surface area contributed by atoms with Crippen LogP contribution >= 0.6 is 7.82 Å². The van der Waals surface area contributed by atoms with Crippen molar-refractivity contribution in [3.8, 4) is 0 Å². The molecule has 2 N–H and O–H groups in total. The molecule has 0 radical (unpaired) electrons. The van der Waals surface area contributed by atoms with E-state index in [9.17, 15) is 19.0 Å². The Morgan fingerprint density at radius 1 is 0.455 bits per heavy atom. The molecule has 0 aromatic carbocycles. The number of phosphoric ester groups is 1. The van der Waals surface area contributed by atoms with Gasteiger partial charge in [-0.05, 0) is 70.3 Å². The Morgan fingerprint density at radius 2 is 0.792 bits per heavy atom. The van der Waals surface area contributed by atoms with Crippen molar-refractivity contribution in [3.63, 3.8) is 0 Å². The second-order valence-corrected chi connectivity index (χ2v) is 25.1. The van der Waals surface area contributed by atoms with Crippen LogP contribution in [0.15, 0.2) is 48.6 Å². The van der Waals surface area contributed by atoms with E-state index in [2.05, 4.69) is 62.5 Å². The second-order valence-electron chi connectivity index (χ2n) is 23.6. The first-order valence-electron chi connectivity index (χ1n) is 33.0. The summed E-state index contributed by atoms with van der Waals surface area (Å²) < 4.78 is 30.8. The predicted octanol–water partition coefficient (Wildman–Crippen LogP) is 20.5. The van der Waals surface area contributed by atoms with E-state index in [1.165, 1.54) is 212 Å². The lowest BCUT2D eigenvalue weighted by atomic mass is 10.0. The number of amides is 1. The fourth-order valence-corrected chi connectivity index (χ4v) is 10.4. The van der Waals surface area contributed by atoms with Gasteiger partial charge in [-0.2, -0.15) is 0 Å². The maximum absolute atomic E-state index is 13.6. The molecule has 0 fully saturated rings. The predicted molar refractivity (Wildman–Crippen MR) is 332 cm³/mol. The number of carbonyl (C=O) groups is 2. The van der Waals surface area contributed by atoms with Gasteiger partial charge < -0.3 is 19.4 Å². The molecule has 0 saturated heterocycles. The van der Waals surface area contributed by atoms with Gasteiger partial charge in [-0.25, -0.2) is 4.57 Å². The molecule has 452 valence electrons.